The Hall–Kier alpha value is -3.27. The molecule has 2 aliphatic heterocycles. The first-order chi connectivity index (χ1) is 14.1. The van der Waals surface area contributed by atoms with Gasteiger partial charge in [0.15, 0.2) is 5.60 Å². The molecule has 0 aliphatic carbocycles. The molecule has 2 aliphatic rings. The van der Waals surface area contributed by atoms with Gasteiger partial charge in [-0.1, -0.05) is 30.3 Å². The van der Waals surface area contributed by atoms with Crippen molar-refractivity contribution in [2.45, 2.75) is 26.4 Å². The van der Waals surface area contributed by atoms with Gasteiger partial charge in [-0.05, 0) is 56.7 Å². The Morgan fingerprint density at radius 3 is 2.45 bits per heavy atom. The number of fused-ring (bicyclic) bond motifs is 6. The molecule has 0 saturated carbocycles. The Morgan fingerprint density at radius 1 is 0.862 bits per heavy atom. The highest BCUT2D eigenvalue weighted by Crippen LogP contribution is 2.56. The topological polar surface area (TPSA) is 38.8 Å². The van der Waals surface area contributed by atoms with Crippen LogP contribution in [0.15, 0.2) is 60.7 Å². The standard InChI is InChI=1S/C25H23NO3/c1-4-26(5-2)17-11-13-22-21(15-17)25(20-12-10-16(3)14-23(20)28-22)19-9-7-6-8-18(19)24(27)29-25/h6-15H,4-5H2,1-3H3. The van der Waals surface area contributed by atoms with E-state index in [9.17, 15) is 4.79 Å². The lowest BCUT2D eigenvalue weighted by molar-refractivity contribution is 0.0224. The van der Waals surface area contributed by atoms with Crippen molar-refractivity contribution in [2.75, 3.05) is 18.0 Å². The van der Waals surface area contributed by atoms with E-state index in [1.165, 1.54) is 0 Å². The van der Waals surface area contributed by atoms with E-state index < -0.39 is 5.60 Å². The molecular formula is C25H23NO3. The number of ether oxygens (including phenoxy) is 2. The second-order valence-electron chi connectivity index (χ2n) is 7.57. The fourth-order valence-electron chi connectivity index (χ4n) is 4.55. The van der Waals surface area contributed by atoms with Gasteiger partial charge in [-0.2, -0.15) is 0 Å². The molecule has 1 spiro atoms. The van der Waals surface area contributed by atoms with Crippen LogP contribution in [0.3, 0.4) is 0 Å². The molecule has 3 aromatic rings. The predicted molar refractivity (Wildman–Crippen MR) is 113 cm³/mol. The number of rotatable bonds is 3. The van der Waals surface area contributed by atoms with Crippen molar-refractivity contribution < 1.29 is 14.3 Å². The van der Waals surface area contributed by atoms with Gasteiger partial charge in [-0.3, -0.25) is 0 Å². The fourth-order valence-corrected chi connectivity index (χ4v) is 4.55. The Balaban J connectivity index is 1.83. The van der Waals surface area contributed by atoms with E-state index in [2.05, 4.69) is 30.9 Å². The third-order valence-corrected chi connectivity index (χ3v) is 5.98. The van der Waals surface area contributed by atoms with E-state index in [4.69, 9.17) is 9.47 Å². The van der Waals surface area contributed by atoms with E-state index in [0.29, 0.717) is 5.56 Å². The molecule has 1 unspecified atom stereocenters. The average Bonchev–Trinajstić information content (AvgIpc) is 3.03. The van der Waals surface area contributed by atoms with Gasteiger partial charge in [0.25, 0.3) is 0 Å². The summed E-state index contributed by atoms with van der Waals surface area (Å²) in [5.41, 5.74) is 4.42. The van der Waals surface area contributed by atoms with Crippen molar-refractivity contribution in [3.8, 4) is 11.5 Å². The first kappa shape index (κ1) is 17.8. The largest absolute Gasteiger partial charge is 0.456 e. The molecule has 0 radical (unpaired) electrons. The molecule has 29 heavy (non-hydrogen) atoms. The predicted octanol–water partition coefficient (Wildman–Crippen LogP) is 5.41. The van der Waals surface area contributed by atoms with Gasteiger partial charge >= 0.3 is 5.97 Å². The second-order valence-corrected chi connectivity index (χ2v) is 7.57. The fraction of sp³-hybridized carbons (Fsp3) is 0.240. The van der Waals surface area contributed by atoms with Crippen molar-refractivity contribution in [3.05, 3.63) is 88.5 Å². The average molecular weight is 385 g/mol. The molecule has 3 aromatic carbocycles. The van der Waals surface area contributed by atoms with Crippen LogP contribution in [0.2, 0.25) is 0 Å². The summed E-state index contributed by atoms with van der Waals surface area (Å²) in [7, 11) is 0. The third-order valence-electron chi connectivity index (χ3n) is 5.98. The van der Waals surface area contributed by atoms with Crippen molar-refractivity contribution in [2.24, 2.45) is 0 Å². The van der Waals surface area contributed by atoms with Crippen molar-refractivity contribution >= 4 is 11.7 Å². The summed E-state index contributed by atoms with van der Waals surface area (Å²) in [6, 6.07) is 19.9. The number of carbonyl (C=O) groups excluding carboxylic acids is 1. The van der Waals surface area contributed by atoms with Crippen LogP contribution in [-0.4, -0.2) is 19.1 Å². The molecule has 2 heterocycles. The Labute approximate surface area is 170 Å². The first-order valence-corrected chi connectivity index (χ1v) is 10.1. The lowest BCUT2D eigenvalue weighted by Crippen LogP contribution is -2.33. The molecular weight excluding hydrogens is 362 g/mol. The minimum Gasteiger partial charge on any atom is -0.456 e. The number of hydrogen-bond donors (Lipinski definition) is 0. The van der Waals surface area contributed by atoms with Gasteiger partial charge in [-0.15, -0.1) is 0 Å². The molecule has 4 heteroatoms. The van der Waals surface area contributed by atoms with Crippen molar-refractivity contribution in [1.82, 2.24) is 0 Å². The highest BCUT2D eigenvalue weighted by Gasteiger charge is 2.53. The van der Waals surface area contributed by atoms with Gasteiger partial charge in [0.05, 0.1) is 5.56 Å². The van der Waals surface area contributed by atoms with Crippen LogP contribution < -0.4 is 9.64 Å². The van der Waals surface area contributed by atoms with Crippen LogP contribution in [0.25, 0.3) is 0 Å². The van der Waals surface area contributed by atoms with Gasteiger partial charge in [0, 0.05) is 35.5 Å². The molecule has 0 saturated heterocycles. The summed E-state index contributed by atoms with van der Waals surface area (Å²) in [4.78, 5) is 15.2. The summed E-state index contributed by atoms with van der Waals surface area (Å²) >= 11 is 0. The van der Waals surface area contributed by atoms with E-state index in [1.807, 2.05) is 55.5 Å². The molecule has 4 nitrogen and oxygen atoms in total. The molecule has 0 fully saturated rings. The van der Waals surface area contributed by atoms with E-state index in [-0.39, 0.29) is 5.97 Å². The molecule has 5 rings (SSSR count). The number of anilines is 1. The van der Waals surface area contributed by atoms with Crippen molar-refractivity contribution in [1.29, 1.82) is 0 Å². The molecule has 0 N–H and O–H groups in total. The summed E-state index contributed by atoms with van der Waals surface area (Å²) in [5, 5.41) is 0. The highest BCUT2D eigenvalue weighted by atomic mass is 16.6. The van der Waals surface area contributed by atoms with Crippen LogP contribution in [0, 0.1) is 6.92 Å². The minimum absolute atomic E-state index is 0.298. The summed E-state index contributed by atoms with van der Waals surface area (Å²) in [5.74, 6) is 1.16. The zero-order valence-electron chi connectivity index (χ0n) is 16.9. The number of benzene rings is 3. The maximum Gasteiger partial charge on any atom is 0.340 e. The van der Waals surface area contributed by atoms with Gasteiger partial charge < -0.3 is 14.4 Å². The SMILES string of the molecule is CCN(CC)c1ccc2c(c1)C1(OC(=O)c3ccccc31)c1ccc(C)cc1O2. The van der Waals surface area contributed by atoms with Gasteiger partial charge in [0.2, 0.25) is 0 Å². The number of esters is 1. The number of aryl methyl sites for hydroxylation is 1. The van der Waals surface area contributed by atoms with Gasteiger partial charge in [0.1, 0.15) is 11.5 Å². The smallest absolute Gasteiger partial charge is 0.340 e. The monoisotopic (exact) mass is 385 g/mol. The molecule has 1 atom stereocenters. The number of nitrogens with zero attached hydrogens (tertiary/aromatic N) is 1. The summed E-state index contributed by atoms with van der Waals surface area (Å²) < 4.78 is 12.5. The molecule has 0 bridgehead atoms. The van der Waals surface area contributed by atoms with Crippen LogP contribution in [-0.2, 0) is 10.3 Å². The van der Waals surface area contributed by atoms with Crippen LogP contribution in [0.1, 0.15) is 46.5 Å². The summed E-state index contributed by atoms with van der Waals surface area (Å²) in [6.07, 6.45) is 0. The molecule has 0 aromatic heterocycles. The van der Waals surface area contributed by atoms with E-state index >= 15 is 0 Å². The highest BCUT2D eigenvalue weighted by molar-refractivity contribution is 5.97. The van der Waals surface area contributed by atoms with Gasteiger partial charge in [-0.25, -0.2) is 4.79 Å². The molecule has 0 amide bonds. The van der Waals surface area contributed by atoms with E-state index in [1.54, 1.807) is 0 Å². The van der Waals surface area contributed by atoms with Crippen LogP contribution in [0.4, 0.5) is 5.69 Å². The Kier molecular flexibility index (Phi) is 3.91. The van der Waals surface area contributed by atoms with E-state index in [0.717, 1.165) is 52.5 Å². The quantitative estimate of drug-likeness (QED) is 0.565. The maximum atomic E-state index is 12.9. The number of hydrogen-bond acceptors (Lipinski definition) is 4. The Bertz CT molecular complexity index is 1130. The Morgan fingerprint density at radius 2 is 1.66 bits per heavy atom. The lowest BCUT2D eigenvalue weighted by Gasteiger charge is -2.37. The van der Waals surface area contributed by atoms with Crippen molar-refractivity contribution in [3.63, 3.8) is 0 Å². The maximum absolute atomic E-state index is 12.9. The normalized spacial score (nSPS) is 18.5. The number of carbonyl (C=O) groups is 1. The molecule has 146 valence electrons. The van der Waals surface area contributed by atoms with Crippen LogP contribution in [0.5, 0.6) is 11.5 Å². The third kappa shape index (κ3) is 2.42. The lowest BCUT2D eigenvalue weighted by atomic mass is 9.77. The zero-order valence-corrected chi connectivity index (χ0v) is 16.9. The second kappa shape index (κ2) is 6.38. The summed E-state index contributed by atoms with van der Waals surface area (Å²) in [6.45, 7) is 8.10. The minimum atomic E-state index is -0.993. The van der Waals surface area contributed by atoms with Crippen LogP contribution >= 0.6 is 0 Å². The first-order valence-electron chi connectivity index (χ1n) is 10.1. The zero-order chi connectivity index (χ0) is 20.2.